The van der Waals surface area contributed by atoms with Gasteiger partial charge in [0.1, 0.15) is 11.8 Å². The topological polar surface area (TPSA) is 46.6 Å². The van der Waals surface area contributed by atoms with E-state index < -0.39 is 0 Å². The molecule has 1 amide bonds. The lowest BCUT2D eigenvalue weighted by atomic mass is 9.77. The Kier molecular flexibility index (Phi) is 3.60. The standard InChI is InChI=1S/C20H19NO3/c1-13-16(12-17(13)22)21-18(14-8-4-2-5-9-14)19(24-20(21)23)15-10-6-3-7-11-15/h2-11,13,16,18-19H,12H2,1H3/t13-,16+,18+,19-/m1/s1. The minimum absolute atomic E-state index is 0.0797. The number of hydrogen-bond acceptors (Lipinski definition) is 3. The van der Waals surface area contributed by atoms with Crippen molar-refractivity contribution in [3.8, 4) is 0 Å². The van der Waals surface area contributed by atoms with Gasteiger partial charge < -0.3 is 4.74 Å². The minimum Gasteiger partial charge on any atom is -0.439 e. The van der Waals surface area contributed by atoms with Crippen molar-refractivity contribution >= 4 is 11.9 Å². The Labute approximate surface area is 141 Å². The maximum Gasteiger partial charge on any atom is 0.411 e. The van der Waals surface area contributed by atoms with E-state index >= 15 is 0 Å². The van der Waals surface area contributed by atoms with Gasteiger partial charge in [0, 0.05) is 12.3 Å². The van der Waals surface area contributed by atoms with Gasteiger partial charge in [0.05, 0.1) is 6.04 Å². The quantitative estimate of drug-likeness (QED) is 0.861. The Morgan fingerprint density at radius 2 is 1.50 bits per heavy atom. The molecule has 2 aromatic carbocycles. The normalized spacial score (nSPS) is 29.3. The van der Waals surface area contributed by atoms with Crippen LogP contribution in [0.25, 0.3) is 0 Å². The molecule has 2 fully saturated rings. The van der Waals surface area contributed by atoms with Crippen molar-refractivity contribution in [2.24, 2.45) is 5.92 Å². The molecule has 0 radical (unpaired) electrons. The molecule has 1 aliphatic carbocycles. The molecule has 1 aliphatic heterocycles. The summed E-state index contributed by atoms with van der Waals surface area (Å²) in [5.41, 5.74) is 2.00. The first-order valence-electron chi connectivity index (χ1n) is 8.28. The highest BCUT2D eigenvalue weighted by Crippen LogP contribution is 2.47. The molecule has 0 unspecified atom stereocenters. The highest BCUT2D eigenvalue weighted by atomic mass is 16.6. The number of nitrogens with zero attached hydrogens (tertiary/aromatic N) is 1. The first-order valence-corrected chi connectivity index (χ1v) is 8.28. The second-order valence-electron chi connectivity index (χ2n) is 6.50. The van der Waals surface area contributed by atoms with Crippen LogP contribution >= 0.6 is 0 Å². The van der Waals surface area contributed by atoms with Gasteiger partial charge in [-0.2, -0.15) is 0 Å². The average molecular weight is 321 g/mol. The molecule has 122 valence electrons. The number of ether oxygens (including phenoxy) is 1. The largest absolute Gasteiger partial charge is 0.439 e. The van der Waals surface area contributed by atoms with E-state index in [0.29, 0.717) is 6.42 Å². The van der Waals surface area contributed by atoms with Crippen molar-refractivity contribution in [1.29, 1.82) is 0 Å². The maximum absolute atomic E-state index is 12.6. The number of hydrogen-bond donors (Lipinski definition) is 0. The lowest BCUT2D eigenvalue weighted by Gasteiger charge is -2.41. The fourth-order valence-electron chi connectivity index (χ4n) is 3.68. The van der Waals surface area contributed by atoms with Crippen molar-refractivity contribution in [3.05, 3.63) is 71.8 Å². The summed E-state index contributed by atoms with van der Waals surface area (Å²) < 4.78 is 5.74. The predicted molar refractivity (Wildman–Crippen MR) is 89.3 cm³/mol. The van der Waals surface area contributed by atoms with E-state index in [9.17, 15) is 9.59 Å². The van der Waals surface area contributed by atoms with E-state index in [-0.39, 0.29) is 36.0 Å². The van der Waals surface area contributed by atoms with Gasteiger partial charge in [0.15, 0.2) is 6.10 Å². The molecule has 0 aromatic heterocycles. The van der Waals surface area contributed by atoms with Crippen LogP contribution in [0.3, 0.4) is 0 Å². The number of amides is 1. The number of carbonyl (C=O) groups excluding carboxylic acids is 2. The smallest absolute Gasteiger partial charge is 0.411 e. The Bertz CT molecular complexity index is 759. The van der Waals surface area contributed by atoms with Crippen molar-refractivity contribution in [3.63, 3.8) is 0 Å². The molecule has 0 N–H and O–H groups in total. The second-order valence-corrected chi connectivity index (χ2v) is 6.50. The molecule has 4 nitrogen and oxygen atoms in total. The van der Waals surface area contributed by atoms with Crippen LogP contribution in [0.5, 0.6) is 0 Å². The number of Topliss-reactive ketones (excluding diaryl/α,β-unsaturated/α-hetero) is 1. The SMILES string of the molecule is C[C@H]1C(=O)C[C@@H]1N1C(=O)O[C@H](c2ccccc2)[C@@H]1c1ccccc1. The van der Waals surface area contributed by atoms with Crippen molar-refractivity contribution in [2.45, 2.75) is 31.5 Å². The molecule has 4 heteroatoms. The number of cyclic esters (lactones) is 1. The van der Waals surface area contributed by atoms with Crippen LogP contribution in [-0.4, -0.2) is 22.8 Å². The van der Waals surface area contributed by atoms with Crippen LogP contribution in [0.1, 0.15) is 36.6 Å². The zero-order valence-electron chi connectivity index (χ0n) is 13.5. The lowest BCUT2D eigenvalue weighted by Crippen LogP contribution is -2.53. The van der Waals surface area contributed by atoms with E-state index in [1.165, 1.54) is 0 Å². The molecular weight excluding hydrogens is 302 g/mol. The number of carbonyl (C=O) groups is 2. The summed E-state index contributed by atoms with van der Waals surface area (Å²) in [7, 11) is 0. The highest BCUT2D eigenvalue weighted by molar-refractivity contribution is 5.90. The second kappa shape index (κ2) is 5.78. The van der Waals surface area contributed by atoms with Crippen LogP contribution in [0.2, 0.25) is 0 Å². The molecule has 4 atom stereocenters. The van der Waals surface area contributed by atoms with Gasteiger partial charge >= 0.3 is 6.09 Å². The molecule has 2 aromatic rings. The molecule has 4 rings (SSSR count). The minimum atomic E-state index is -0.357. The molecule has 0 spiro atoms. The number of ketones is 1. The van der Waals surface area contributed by atoms with Gasteiger partial charge in [-0.25, -0.2) is 4.79 Å². The van der Waals surface area contributed by atoms with Gasteiger partial charge in [0.2, 0.25) is 0 Å². The van der Waals surface area contributed by atoms with Gasteiger partial charge in [-0.1, -0.05) is 67.6 Å². The molecule has 2 aliphatic rings. The van der Waals surface area contributed by atoms with Gasteiger partial charge in [-0.05, 0) is 11.1 Å². The fraction of sp³-hybridized carbons (Fsp3) is 0.300. The number of rotatable bonds is 3. The highest BCUT2D eigenvalue weighted by Gasteiger charge is 2.52. The molecule has 0 bridgehead atoms. The summed E-state index contributed by atoms with van der Waals surface area (Å²) in [4.78, 5) is 26.1. The summed E-state index contributed by atoms with van der Waals surface area (Å²) in [6.07, 6.45) is -0.271. The van der Waals surface area contributed by atoms with Crippen molar-refractivity contribution < 1.29 is 14.3 Å². The zero-order chi connectivity index (χ0) is 16.7. The van der Waals surface area contributed by atoms with Gasteiger partial charge in [-0.15, -0.1) is 0 Å². The Morgan fingerprint density at radius 3 is 2.04 bits per heavy atom. The van der Waals surface area contributed by atoms with Crippen molar-refractivity contribution in [2.75, 3.05) is 0 Å². The molecule has 1 saturated carbocycles. The average Bonchev–Trinajstić information content (AvgIpc) is 2.97. The van der Waals surface area contributed by atoms with Crippen LogP contribution in [0, 0.1) is 5.92 Å². The monoisotopic (exact) mass is 321 g/mol. The summed E-state index contributed by atoms with van der Waals surface area (Å²) in [6.45, 7) is 1.89. The first kappa shape index (κ1) is 14.9. The molecule has 1 heterocycles. The van der Waals surface area contributed by atoms with E-state index in [0.717, 1.165) is 11.1 Å². The van der Waals surface area contributed by atoms with Crippen LogP contribution in [0.4, 0.5) is 4.79 Å². The third-order valence-corrected chi connectivity index (χ3v) is 5.15. The van der Waals surface area contributed by atoms with Crippen LogP contribution < -0.4 is 0 Å². The maximum atomic E-state index is 12.6. The lowest BCUT2D eigenvalue weighted by molar-refractivity contribution is -0.134. The van der Waals surface area contributed by atoms with E-state index in [2.05, 4.69) is 0 Å². The van der Waals surface area contributed by atoms with E-state index in [1.54, 1.807) is 4.90 Å². The summed E-state index contributed by atoms with van der Waals surface area (Å²) >= 11 is 0. The summed E-state index contributed by atoms with van der Waals surface area (Å²) in [6, 6.07) is 19.4. The zero-order valence-corrected chi connectivity index (χ0v) is 13.5. The Morgan fingerprint density at radius 1 is 0.917 bits per heavy atom. The van der Waals surface area contributed by atoms with Gasteiger partial charge in [-0.3, -0.25) is 9.69 Å². The Hall–Kier alpha value is -2.62. The van der Waals surface area contributed by atoms with Crippen LogP contribution in [-0.2, 0) is 9.53 Å². The first-order chi connectivity index (χ1) is 11.7. The predicted octanol–water partition coefficient (Wildman–Crippen LogP) is 3.90. The van der Waals surface area contributed by atoms with Gasteiger partial charge in [0.25, 0.3) is 0 Å². The molecular formula is C20H19NO3. The summed E-state index contributed by atoms with van der Waals surface area (Å²) in [5, 5.41) is 0. The van der Waals surface area contributed by atoms with Crippen LogP contribution in [0.15, 0.2) is 60.7 Å². The van der Waals surface area contributed by atoms with E-state index in [1.807, 2.05) is 67.6 Å². The Balaban J connectivity index is 1.76. The number of benzene rings is 2. The third-order valence-electron chi connectivity index (χ3n) is 5.15. The van der Waals surface area contributed by atoms with E-state index in [4.69, 9.17) is 4.74 Å². The summed E-state index contributed by atoms with van der Waals surface area (Å²) in [5.74, 6) is 0.0843. The molecule has 1 saturated heterocycles. The van der Waals surface area contributed by atoms with Crippen molar-refractivity contribution in [1.82, 2.24) is 4.90 Å². The molecule has 24 heavy (non-hydrogen) atoms. The fourth-order valence-corrected chi connectivity index (χ4v) is 3.68. The third kappa shape index (κ3) is 2.30.